The van der Waals surface area contributed by atoms with Crippen molar-refractivity contribution in [2.24, 2.45) is 18.4 Å². The molecule has 17 heavy (non-hydrogen) atoms. The first-order chi connectivity index (χ1) is 7.70. The van der Waals surface area contributed by atoms with Gasteiger partial charge in [0.1, 0.15) is 5.69 Å². The zero-order valence-electron chi connectivity index (χ0n) is 11.2. The molecule has 4 heteroatoms. The molecular formula is C13H21ClN2O. The Morgan fingerprint density at radius 2 is 2.12 bits per heavy atom. The van der Waals surface area contributed by atoms with Gasteiger partial charge in [-0.2, -0.15) is 5.10 Å². The van der Waals surface area contributed by atoms with E-state index in [0.29, 0.717) is 23.1 Å². The smallest absolute Gasteiger partial charge is 0.182 e. The molecule has 1 aromatic heterocycles. The van der Waals surface area contributed by atoms with E-state index < -0.39 is 0 Å². The molecule has 0 amide bonds. The van der Waals surface area contributed by atoms with Gasteiger partial charge in [0.15, 0.2) is 5.78 Å². The van der Waals surface area contributed by atoms with Gasteiger partial charge in [-0.3, -0.25) is 9.48 Å². The van der Waals surface area contributed by atoms with Gasteiger partial charge in [-0.1, -0.05) is 39.3 Å². The van der Waals surface area contributed by atoms with Crippen molar-refractivity contribution in [1.29, 1.82) is 0 Å². The molecule has 0 aromatic carbocycles. The monoisotopic (exact) mass is 256 g/mol. The van der Waals surface area contributed by atoms with Gasteiger partial charge in [0.25, 0.3) is 0 Å². The fourth-order valence-corrected chi connectivity index (χ4v) is 2.53. The van der Waals surface area contributed by atoms with Gasteiger partial charge in [0.05, 0.1) is 11.2 Å². The van der Waals surface area contributed by atoms with Crippen LogP contribution < -0.4 is 0 Å². The van der Waals surface area contributed by atoms with Crippen molar-refractivity contribution in [3.05, 3.63) is 16.9 Å². The fourth-order valence-electron chi connectivity index (χ4n) is 2.26. The van der Waals surface area contributed by atoms with Crippen LogP contribution in [0.4, 0.5) is 0 Å². The van der Waals surface area contributed by atoms with Crippen molar-refractivity contribution in [3.8, 4) is 0 Å². The van der Waals surface area contributed by atoms with Crippen LogP contribution in [0.5, 0.6) is 0 Å². The van der Waals surface area contributed by atoms with Gasteiger partial charge in [-0.15, -0.1) is 0 Å². The molecular weight excluding hydrogens is 236 g/mol. The zero-order chi connectivity index (χ0) is 13.2. The molecule has 0 N–H and O–H groups in total. The van der Waals surface area contributed by atoms with Crippen molar-refractivity contribution in [2.75, 3.05) is 0 Å². The Balaban J connectivity index is 2.67. The number of rotatable bonds is 4. The summed E-state index contributed by atoms with van der Waals surface area (Å²) in [5.41, 5.74) is 0.767. The Morgan fingerprint density at radius 3 is 2.53 bits per heavy atom. The lowest BCUT2D eigenvalue weighted by atomic mass is 9.83. The van der Waals surface area contributed by atoms with Crippen LogP contribution in [0.25, 0.3) is 0 Å². The van der Waals surface area contributed by atoms with E-state index >= 15 is 0 Å². The minimum atomic E-state index is 0.0757. The second kappa shape index (κ2) is 5.21. The van der Waals surface area contributed by atoms with Crippen LogP contribution >= 0.6 is 11.6 Å². The topological polar surface area (TPSA) is 34.9 Å². The standard InChI is InChI=1S/C13H21ClN2O/c1-9(7-13(2,3)4)6-11(17)12-10(14)8-15-16(12)5/h8-9H,6-7H2,1-5H3. The summed E-state index contributed by atoms with van der Waals surface area (Å²) in [5.74, 6) is 0.431. The molecule has 1 atom stereocenters. The van der Waals surface area contributed by atoms with Crippen molar-refractivity contribution < 1.29 is 4.79 Å². The Morgan fingerprint density at radius 1 is 1.53 bits per heavy atom. The summed E-state index contributed by atoms with van der Waals surface area (Å²) in [6.45, 7) is 8.66. The molecule has 96 valence electrons. The first kappa shape index (κ1) is 14.2. The first-order valence-electron chi connectivity index (χ1n) is 5.91. The van der Waals surface area contributed by atoms with Gasteiger partial charge in [0, 0.05) is 13.5 Å². The maximum atomic E-state index is 12.1. The van der Waals surface area contributed by atoms with Crippen molar-refractivity contribution in [3.63, 3.8) is 0 Å². The second-order valence-electron chi connectivity index (χ2n) is 5.96. The highest BCUT2D eigenvalue weighted by atomic mass is 35.5. The number of Topliss-reactive ketones (excluding diaryl/α,β-unsaturated/α-hetero) is 1. The molecule has 0 saturated heterocycles. The molecule has 0 spiro atoms. The average molecular weight is 257 g/mol. The molecule has 1 rings (SSSR count). The van der Waals surface area contributed by atoms with Crippen molar-refractivity contribution in [1.82, 2.24) is 9.78 Å². The second-order valence-corrected chi connectivity index (χ2v) is 6.37. The number of ketones is 1. The van der Waals surface area contributed by atoms with Gasteiger partial charge in [-0.05, 0) is 17.8 Å². The number of hydrogen-bond acceptors (Lipinski definition) is 2. The number of aromatic nitrogens is 2. The van der Waals surface area contributed by atoms with Crippen LogP contribution in [-0.4, -0.2) is 15.6 Å². The number of carbonyl (C=O) groups excluding carboxylic acids is 1. The molecule has 0 aliphatic heterocycles. The Labute approximate surface area is 108 Å². The summed E-state index contributed by atoms with van der Waals surface area (Å²) in [6, 6.07) is 0. The van der Waals surface area contributed by atoms with Crippen LogP contribution in [0.1, 0.15) is 51.0 Å². The highest BCUT2D eigenvalue weighted by molar-refractivity contribution is 6.33. The fraction of sp³-hybridized carbons (Fsp3) is 0.692. The molecule has 0 aliphatic rings. The van der Waals surface area contributed by atoms with Crippen LogP contribution in [0.3, 0.4) is 0 Å². The van der Waals surface area contributed by atoms with E-state index in [1.165, 1.54) is 6.20 Å². The summed E-state index contributed by atoms with van der Waals surface area (Å²) in [4.78, 5) is 12.1. The Hall–Kier alpha value is -0.830. The lowest BCUT2D eigenvalue weighted by Gasteiger charge is -2.22. The van der Waals surface area contributed by atoms with E-state index in [1.54, 1.807) is 11.7 Å². The normalized spacial score (nSPS) is 13.8. The number of carbonyl (C=O) groups is 1. The minimum absolute atomic E-state index is 0.0757. The maximum Gasteiger partial charge on any atom is 0.182 e. The largest absolute Gasteiger partial charge is 0.292 e. The molecule has 1 unspecified atom stereocenters. The van der Waals surface area contributed by atoms with Crippen LogP contribution in [0, 0.1) is 11.3 Å². The molecule has 0 bridgehead atoms. The zero-order valence-corrected chi connectivity index (χ0v) is 12.0. The predicted molar refractivity (Wildman–Crippen MR) is 70.4 cm³/mol. The summed E-state index contributed by atoms with van der Waals surface area (Å²) in [5, 5.41) is 4.43. The SMILES string of the molecule is CC(CC(=O)c1c(Cl)cnn1C)CC(C)(C)C. The molecule has 0 saturated carbocycles. The summed E-state index contributed by atoms with van der Waals surface area (Å²) >= 11 is 5.95. The first-order valence-corrected chi connectivity index (χ1v) is 6.29. The molecule has 1 heterocycles. The highest BCUT2D eigenvalue weighted by Crippen LogP contribution is 2.27. The van der Waals surface area contributed by atoms with E-state index in [4.69, 9.17) is 11.6 Å². The van der Waals surface area contributed by atoms with E-state index in [9.17, 15) is 4.79 Å². The summed E-state index contributed by atoms with van der Waals surface area (Å²) in [6.07, 6.45) is 3.06. The maximum absolute atomic E-state index is 12.1. The third-order valence-corrected chi connectivity index (χ3v) is 2.93. The molecule has 3 nitrogen and oxygen atoms in total. The van der Waals surface area contributed by atoms with Crippen LogP contribution in [0.15, 0.2) is 6.20 Å². The van der Waals surface area contributed by atoms with Gasteiger partial charge < -0.3 is 0 Å². The van der Waals surface area contributed by atoms with Crippen LogP contribution in [0.2, 0.25) is 5.02 Å². The van der Waals surface area contributed by atoms with Gasteiger partial charge in [-0.25, -0.2) is 0 Å². The number of aryl methyl sites for hydroxylation is 1. The molecule has 0 fully saturated rings. The van der Waals surface area contributed by atoms with E-state index in [2.05, 4.69) is 32.8 Å². The summed E-state index contributed by atoms with van der Waals surface area (Å²) < 4.78 is 1.55. The van der Waals surface area contributed by atoms with Crippen LogP contribution in [-0.2, 0) is 7.05 Å². The Kier molecular flexibility index (Phi) is 4.36. The third kappa shape index (κ3) is 4.15. The van der Waals surface area contributed by atoms with E-state index in [0.717, 1.165) is 6.42 Å². The van der Waals surface area contributed by atoms with E-state index in [1.807, 2.05) is 0 Å². The lowest BCUT2D eigenvalue weighted by Crippen LogP contribution is -2.16. The molecule has 1 aromatic rings. The van der Waals surface area contributed by atoms with E-state index in [-0.39, 0.29) is 11.2 Å². The average Bonchev–Trinajstić information content (AvgIpc) is 2.42. The number of halogens is 1. The minimum Gasteiger partial charge on any atom is -0.292 e. The van der Waals surface area contributed by atoms with Gasteiger partial charge in [0.2, 0.25) is 0 Å². The molecule has 0 aliphatic carbocycles. The number of nitrogens with zero attached hydrogens (tertiary/aromatic N) is 2. The molecule has 0 radical (unpaired) electrons. The number of hydrogen-bond donors (Lipinski definition) is 0. The Bertz CT molecular complexity index is 385. The quantitative estimate of drug-likeness (QED) is 0.770. The summed E-state index contributed by atoms with van der Waals surface area (Å²) in [7, 11) is 1.74. The van der Waals surface area contributed by atoms with Gasteiger partial charge >= 0.3 is 0 Å². The third-order valence-electron chi connectivity index (χ3n) is 2.65. The predicted octanol–water partition coefficient (Wildman–Crippen LogP) is 3.72. The highest BCUT2D eigenvalue weighted by Gasteiger charge is 2.21. The lowest BCUT2D eigenvalue weighted by molar-refractivity contribution is 0.0945. The van der Waals surface area contributed by atoms with Crippen molar-refractivity contribution >= 4 is 17.4 Å². The van der Waals surface area contributed by atoms with Crippen molar-refractivity contribution in [2.45, 2.75) is 40.5 Å².